The Labute approximate surface area is 63.9 Å². The molecule has 2 N–H and O–H groups in total. The molecule has 62 valence electrons. The Morgan fingerprint density at radius 1 is 1.40 bits per heavy atom. The van der Waals surface area contributed by atoms with E-state index in [0.29, 0.717) is 10.7 Å². The summed E-state index contributed by atoms with van der Waals surface area (Å²) in [5.74, 6) is 0. The predicted molar refractivity (Wildman–Crippen MR) is 44.1 cm³/mol. The monoisotopic (exact) mass is 146 g/mol. The Kier molecular flexibility index (Phi) is 3.86. The molecule has 1 atom stereocenters. The molecule has 0 saturated carbocycles. The molecule has 0 aromatic carbocycles. The largest absolute Gasteiger partial charge is 0.176 e. The first-order valence-electron chi connectivity index (χ1n) is 3.82. The van der Waals surface area contributed by atoms with E-state index in [9.17, 15) is 0 Å². The molecule has 0 heterocycles. The first-order valence-corrected chi connectivity index (χ1v) is 3.82. The average molecular weight is 146 g/mol. The van der Waals surface area contributed by atoms with Crippen molar-refractivity contribution in [3.8, 4) is 0 Å². The van der Waals surface area contributed by atoms with Crippen LogP contribution < -0.4 is 10.9 Å². The summed E-state index contributed by atoms with van der Waals surface area (Å²) < 4.78 is 0.662. The number of hydrogen-bond donors (Lipinski definition) is 2. The summed E-state index contributed by atoms with van der Waals surface area (Å²) in [6, 6.07) is 0.558. The number of quaternary nitrogens is 1. The van der Waals surface area contributed by atoms with E-state index < -0.39 is 0 Å². The molecule has 0 fully saturated rings. The first-order chi connectivity index (χ1) is 4.52. The molecule has 0 aliphatic carbocycles. The molecular formula is C7H20N3+. The minimum atomic E-state index is 0.558. The van der Waals surface area contributed by atoms with E-state index in [-0.39, 0.29) is 0 Å². The zero-order valence-corrected chi connectivity index (χ0v) is 7.73. The summed E-state index contributed by atoms with van der Waals surface area (Å²) in [6.07, 6.45) is 1.16. The van der Waals surface area contributed by atoms with Gasteiger partial charge in [0, 0.05) is 7.05 Å². The number of nitrogens with one attached hydrogen (secondary N) is 2. The van der Waals surface area contributed by atoms with Gasteiger partial charge in [-0.15, -0.1) is 5.43 Å². The molecule has 0 aliphatic rings. The van der Waals surface area contributed by atoms with Crippen molar-refractivity contribution in [3.05, 3.63) is 0 Å². The molecule has 0 aromatic heterocycles. The van der Waals surface area contributed by atoms with E-state index >= 15 is 0 Å². The Hall–Kier alpha value is -0.120. The van der Waals surface area contributed by atoms with Crippen LogP contribution in [-0.2, 0) is 0 Å². The molecule has 0 unspecified atom stereocenters. The topological polar surface area (TPSA) is 24.1 Å². The molecule has 0 saturated heterocycles. The van der Waals surface area contributed by atoms with Gasteiger partial charge in [-0.3, -0.25) is 0 Å². The van der Waals surface area contributed by atoms with Crippen LogP contribution in [0, 0.1) is 0 Å². The lowest BCUT2D eigenvalue weighted by atomic mass is 10.3. The van der Waals surface area contributed by atoms with Gasteiger partial charge in [-0.25, -0.2) is 0 Å². The van der Waals surface area contributed by atoms with Crippen molar-refractivity contribution in [2.75, 3.05) is 21.1 Å². The third-order valence-corrected chi connectivity index (χ3v) is 1.71. The molecule has 0 aromatic rings. The van der Waals surface area contributed by atoms with Crippen LogP contribution in [0.25, 0.3) is 0 Å². The van der Waals surface area contributed by atoms with Crippen LogP contribution in [-0.4, -0.2) is 31.9 Å². The quantitative estimate of drug-likeness (QED) is 0.446. The minimum Gasteiger partial charge on any atom is -0.176 e. The molecule has 0 bridgehead atoms. The Morgan fingerprint density at radius 3 is 2.20 bits per heavy atom. The number of rotatable bonds is 4. The van der Waals surface area contributed by atoms with Crippen molar-refractivity contribution in [1.29, 1.82) is 0 Å². The summed E-state index contributed by atoms with van der Waals surface area (Å²) in [7, 11) is 6.09. The van der Waals surface area contributed by atoms with Crippen molar-refractivity contribution in [2.24, 2.45) is 0 Å². The van der Waals surface area contributed by atoms with Gasteiger partial charge in [0.05, 0.1) is 6.04 Å². The van der Waals surface area contributed by atoms with E-state index in [0.717, 1.165) is 6.42 Å². The standard InChI is InChI=1S/C7H20N3/c1-6-7(2)9-10(4,5)8-3/h7-9H,6H2,1-5H3/q+1/t7-/m1/s1. The SMILES string of the molecule is CC[C@@H](C)N[N+](C)(C)NC. The fourth-order valence-electron chi connectivity index (χ4n) is 0.707. The molecular weight excluding hydrogens is 126 g/mol. The predicted octanol–water partition coefficient (Wildman–Crippen LogP) is 0.500. The molecule has 10 heavy (non-hydrogen) atoms. The van der Waals surface area contributed by atoms with Gasteiger partial charge in [0.15, 0.2) is 0 Å². The van der Waals surface area contributed by atoms with Crippen molar-refractivity contribution in [2.45, 2.75) is 26.3 Å². The van der Waals surface area contributed by atoms with E-state index in [1.807, 2.05) is 7.05 Å². The molecule has 3 heteroatoms. The van der Waals surface area contributed by atoms with Crippen LogP contribution in [0.3, 0.4) is 0 Å². The Morgan fingerprint density at radius 2 is 1.90 bits per heavy atom. The second-order valence-electron chi connectivity index (χ2n) is 3.12. The number of nitrogens with zero attached hydrogens (tertiary/aromatic N) is 1. The molecule has 0 radical (unpaired) electrons. The second kappa shape index (κ2) is 3.91. The highest BCUT2D eigenvalue weighted by Crippen LogP contribution is 1.91. The van der Waals surface area contributed by atoms with Crippen LogP contribution >= 0.6 is 0 Å². The maximum Gasteiger partial charge on any atom is 0.104 e. The fourth-order valence-corrected chi connectivity index (χ4v) is 0.707. The van der Waals surface area contributed by atoms with Gasteiger partial charge in [-0.1, -0.05) is 6.92 Å². The lowest BCUT2D eigenvalue weighted by molar-refractivity contribution is -0.976. The zero-order chi connectivity index (χ0) is 8.20. The van der Waals surface area contributed by atoms with Crippen molar-refractivity contribution >= 4 is 0 Å². The van der Waals surface area contributed by atoms with E-state index in [1.54, 1.807) is 0 Å². The lowest BCUT2D eigenvalue weighted by Gasteiger charge is -2.30. The summed E-state index contributed by atoms with van der Waals surface area (Å²) >= 11 is 0. The zero-order valence-electron chi connectivity index (χ0n) is 7.73. The van der Waals surface area contributed by atoms with Crippen molar-refractivity contribution in [3.63, 3.8) is 0 Å². The summed E-state index contributed by atoms with van der Waals surface area (Å²) in [4.78, 5) is 0. The van der Waals surface area contributed by atoms with Crippen LogP contribution in [0.4, 0.5) is 0 Å². The molecule has 0 aliphatic heterocycles. The van der Waals surface area contributed by atoms with Crippen molar-refractivity contribution in [1.82, 2.24) is 10.9 Å². The van der Waals surface area contributed by atoms with Gasteiger partial charge in [0.25, 0.3) is 0 Å². The van der Waals surface area contributed by atoms with Crippen LogP contribution in [0.2, 0.25) is 0 Å². The van der Waals surface area contributed by atoms with Gasteiger partial charge >= 0.3 is 0 Å². The smallest absolute Gasteiger partial charge is 0.104 e. The van der Waals surface area contributed by atoms with E-state index in [2.05, 4.69) is 38.8 Å². The van der Waals surface area contributed by atoms with Gasteiger partial charge < -0.3 is 0 Å². The van der Waals surface area contributed by atoms with E-state index in [4.69, 9.17) is 0 Å². The highest BCUT2D eigenvalue weighted by molar-refractivity contribution is 4.47. The molecule has 0 spiro atoms. The second-order valence-corrected chi connectivity index (χ2v) is 3.12. The van der Waals surface area contributed by atoms with Crippen LogP contribution in [0.1, 0.15) is 20.3 Å². The summed E-state index contributed by atoms with van der Waals surface area (Å²) in [5, 5.41) is 0. The fraction of sp³-hybridized carbons (Fsp3) is 1.00. The summed E-state index contributed by atoms with van der Waals surface area (Å²) in [5.41, 5.74) is 6.51. The maximum absolute atomic E-state index is 3.38. The number of hydrogen-bond acceptors (Lipinski definition) is 2. The highest BCUT2D eigenvalue weighted by atomic mass is 15.8. The van der Waals surface area contributed by atoms with Gasteiger partial charge in [0.1, 0.15) is 14.1 Å². The Balaban J connectivity index is 3.64. The highest BCUT2D eigenvalue weighted by Gasteiger charge is 2.14. The van der Waals surface area contributed by atoms with E-state index in [1.165, 1.54) is 0 Å². The average Bonchev–Trinajstić information content (AvgIpc) is 1.87. The van der Waals surface area contributed by atoms with Gasteiger partial charge in [0.2, 0.25) is 0 Å². The van der Waals surface area contributed by atoms with Crippen LogP contribution in [0.15, 0.2) is 0 Å². The summed E-state index contributed by atoms with van der Waals surface area (Å²) in [6.45, 7) is 4.35. The molecule has 0 rings (SSSR count). The first kappa shape index (κ1) is 9.88. The minimum absolute atomic E-state index is 0.558. The van der Waals surface area contributed by atoms with Gasteiger partial charge in [-0.2, -0.15) is 10.1 Å². The van der Waals surface area contributed by atoms with Crippen LogP contribution in [0.5, 0.6) is 0 Å². The van der Waals surface area contributed by atoms with Gasteiger partial charge in [-0.05, 0) is 13.3 Å². The third kappa shape index (κ3) is 3.82. The lowest BCUT2D eigenvalue weighted by Crippen LogP contribution is -2.61. The maximum atomic E-state index is 3.38. The Bertz CT molecular complexity index is 90.9. The third-order valence-electron chi connectivity index (χ3n) is 1.71. The molecule has 3 nitrogen and oxygen atoms in total. The molecule has 0 amide bonds. The normalized spacial score (nSPS) is 15.3. The van der Waals surface area contributed by atoms with Crippen molar-refractivity contribution < 1.29 is 4.70 Å².